The van der Waals surface area contributed by atoms with E-state index in [1.807, 2.05) is 47.0 Å². The summed E-state index contributed by atoms with van der Waals surface area (Å²) in [5, 5.41) is 7.28. The molecule has 0 bridgehead atoms. The molecule has 0 aliphatic rings. The Balaban J connectivity index is 1.82. The lowest BCUT2D eigenvalue weighted by Gasteiger charge is -2.18. The van der Waals surface area contributed by atoms with Crippen molar-refractivity contribution in [3.05, 3.63) is 47.5 Å². The standard InChI is InChI=1S/C20H21ClN4O/c1-3-24(4-2)11-12-26-20-16-7-5-6-8-18(16)25-19(22-20)15-10-9-14(21)13-17(15)23-25/h5-10,13H,3-4,11-12H2,1-2H3. The minimum Gasteiger partial charge on any atom is -0.476 e. The van der Waals surface area contributed by atoms with Crippen molar-refractivity contribution in [1.29, 1.82) is 0 Å². The first kappa shape index (κ1) is 17.1. The first-order valence-corrected chi connectivity index (χ1v) is 9.31. The van der Waals surface area contributed by atoms with Gasteiger partial charge in [0.1, 0.15) is 6.61 Å². The van der Waals surface area contributed by atoms with Gasteiger partial charge in [0.2, 0.25) is 5.88 Å². The van der Waals surface area contributed by atoms with Crippen LogP contribution in [0.3, 0.4) is 0 Å². The van der Waals surface area contributed by atoms with Gasteiger partial charge < -0.3 is 9.64 Å². The molecule has 4 aromatic rings. The molecule has 6 heteroatoms. The number of aromatic nitrogens is 3. The Labute approximate surface area is 157 Å². The zero-order valence-corrected chi connectivity index (χ0v) is 15.7. The quantitative estimate of drug-likeness (QED) is 0.505. The third-order valence-electron chi connectivity index (χ3n) is 4.72. The SMILES string of the molecule is CCN(CC)CCOc1nc2c3ccc(Cl)cc3nn2c2ccccc12. The van der Waals surface area contributed by atoms with Gasteiger partial charge in [0.25, 0.3) is 0 Å². The fourth-order valence-corrected chi connectivity index (χ4v) is 3.40. The number of fused-ring (bicyclic) bond motifs is 5. The molecule has 0 saturated carbocycles. The van der Waals surface area contributed by atoms with Gasteiger partial charge in [0, 0.05) is 17.0 Å². The Morgan fingerprint density at radius 3 is 2.69 bits per heavy atom. The molecule has 26 heavy (non-hydrogen) atoms. The molecule has 2 aromatic carbocycles. The van der Waals surface area contributed by atoms with Crippen LogP contribution in [0.2, 0.25) is 5.02 Å². The number of likely N-dealkylation sites (N-methyl/N-ethyl adjacent to an activating group) is 1. The zero-order chi connectivity index (χ0) is 18.1. The van der Waals surface area contributed by atoms with E-state index in [1.165, 1.54) is 0 Å². The van der Waals surface area contributed by atoms with Crippen LogP contribution in [0.1, 0.15) is 13.8 Å². The molecule has 0 aliphatic carbocycles. The molecule has 0 unspecified atom stereocenters. The van der Waals surface area contributed by atoms with Crippen LogP contribution in [0.15, 0.2) is 42.5 Å². The number of hydrogen-bond donors (Lipinski definition) is 0. The van der Waals surface area contributed by atoms with Crippen LogP contribution in [-0.4, -0.2) is 45.7 Å². The smallest absolute Gasteiger partial charge is 0.225 e. The van der Waals surface area contributed by atoms with Crippen LogP contribution in [0.4, 0.5) is 0 Å². The van der Waals surface area contributed by atoms with E-state index >= 15 is 0 Å². The molecule has 0 aliphatic heterocycles. The predicted octanol–water partition coefficient (Wildman–Crippen LogP) is 4.41. The van der Waals surface area contributed by atoms with Gasteiger partial charge in [0.15, 0.2) is 5.65 Å². The average Bonchev–Trinajstić information content (AvgIpc) is 3.03. The van der Waals surface area contributed by atoms with Gasteiger partial charge in [-0.05, 0) is 43.4 Å². The highest BCUT2D eigenvalue weighted by atomic mass is 35.5. The van der Waals surface area contributed by atoms with Gasteiger partial charge in [-0.25, -0.2) is 4.52 Å². The van der Waals surface area contributed by atoms with Crippen LogP contribution in [0, 0.1) is 0 Å². The summed E-state index contributed by atoms with van der Waals surface area (Å²) in [6.45, 7) is 7.83. The number of benzene rings is 2. The molecule has 0 radical (unpaired) electrons. The first-order valence-electron chi connectivity index (χ1n) is 8.93. The first-order chi connectivity index (χ1) is 12.7. The number of rotatable bonds is 6. The third kappa shape index (κ3) is 2.97. The molecular weight excluding hydrogens is 348 g/mol. The third-order valence-corrected chi connectivity index (χ3v) is 4.95. The van der Waals surface area contributed by atoms with Gasteiger partial charge in [-0.3, -0.25) is 0 Å². The summed E-state index contributed by atoms with van der Waals surface area (Å²) in [4.78, 5) is 7.12. The fourth-order valence-electron chi connectivity index (χ4n) is 3.24. The van der Waals surface area contributed by atoms with Gasteiger partial charge >= 0.3 is 0 Å². The lowest BCUT2D eigenvalue weighted by atomic mass is 10.2. The zero-order valence-electron chi connectivity index (χ0n) is 14.9. The number of para-hydroxylation sites is 1. The van der Waals surface area contributed by atoms with Crippen molar-refractivity contribution in [3.63, 3.8) is 0 Å². The van der Waals surface area contributed by atoms with Crippen LogP contribution < -0.4 is 4.74 Å². The molecule has 4 rings (SSSR count). The van der Waals surface area contributed by atoms with Gasteiger partial charge in [-0.1, -0.05) is 37.6 Å². The van der Waals surface area contributed by atoms with E-state index in [0.29, 0.717) is 17.5 Å². The van der Waals surface area contributed by atoms with Crippen molar-refractivity contribution in [2.75, 3.05) is 26.2 Å². The highest BCUT2D eigenvalue weighted by molar-refractivity contribution is 6.31. The Bertz CT molecular complexity index is 1070. The Kier molecular flexibility index (Phi) is 4.66. The van der Waals surface area contributed by atoms with Crippen molar-refractivity contribution in [2.24, 2.45) is 0 Å². The molecule has 5 nitrogen and oxygen atoms in total. The highest BCUT2D eigenvalue weighted by Crippen LogP contribution is 2.29. The maximum Gasteiger partial charge on any atom is 0.225 e. The van der Waals surface area contributed by atoms with Crippen molar-refractivity contribution in [3.8, 4) is 5.88 Å². The van der Waals surface area contributed by atoms with Crippen LogP contribution in [0.25, 0.3) is 27.5 Å². The second kappa shape index (κ2) is 7.09. The van der Waals surface area contributed by atoms with Crippen molar-refractivity contribution in [2.45, 2.75) is 13.8 Å². The maximum absolute atomic E-state index is 6.12. The van der Waals surface area contributed by atoms with Gasteiger partial charge in [-0.15, -0.1) is 0 Å². The second-order valence-corrected chi connectivity index (χ2v) is 6.64. The van der Waals surface area contributed by atoms with Crippen LogP contribution in [0.5, 0.6) is 5.88 Å². The number of nitrogens with zero attached hydrogens (tertiary/aromatic N) is 4. The number of hydrogen-bond acceptors (Lipinski definition) is 4. The summed E-state index contributed by atoms with van der Waals surface area (Å²) in [7, 11) is 0. The van der Waals surface area contributed by atoms with E-state index in [4.69, 9.17) is 21.3 Å². The van der Waals surface area contributed by atoms with E-state index in [9.17, 15) is 0 Å². The lowest BCUT2D eigenvalue weighted by Crippen LogP contribution is -2.28. The van der Waals surface area contributed by atoms with Crippen LogP contribution >= 0.6 is 11.6 Å². The lowest BCUT2D eigenvalue weighted by molar-refractivity contribution is 0.220. The normalized spacial score (nSPS) is 11.8. The molecule has 0 atom stereocenters. The largest absolute Gasteiger partial charge is 0.476 e. The van der Waals surface area contributed by atoms with E-state index in [0.717, 1.165) is 47.1 Å². The molecular formula is C20H21ClN4O. The summed E-state index contributed by atoms with van der Waals surface area (Å²) in [5.41, 5.74) is 2.59. The van der Waals surface area contributed by atoms with Crippen molar-refractivity contribution < 1.29 is 4.74 Å². The topological polar surface area (TPSA) is 42.7 Å². The number of halogens is 1. The van der Waals surface area contributed by atoms with Crippen molar-refractivity contribution >= 4 is 39.1 Å². The Morgan fingerprint density at radius 2 is 1.88 bits per heavy atom. The molecule has 0 spiro atoms. The van der Waals surface area contributed by atoms with Crippen LogP contribution in [-0.2, 0) is 0 Å². The van der Waals surface area contributed by atoms with E-state index < -0.39 is 0 Å². The maximum atomic E-state index is 6.12. The van der Waals surface area contributed by atoms with Crippen molar-refractivity contribution in [1.82, 2.24) is 19.5 Å². The molecule has 134 valence electrons. The molecule has 0 saturated heterocycles. The van der Waals surface area contributed by atoms with E-state index in [2.05, 4.69) is 23.8 Å². The second-order valence-electron chi connectivity index (χ2n) is 6.21. The molecule has 2 aromatic heterocycles. The fraction of sp³-hybridized carbons (Fsp3) is 0.300. The summed E-state index contributed by atoms with van der Waals surface area (Å²) in [6.07, 6.45) is 0. The minimum absolute atomic E-state index is 0.604. The number of ether oxygens (including phenoxy) is 1. The summed E-state index contributed by atoms with van der Waals surface area (Å²) < 4.78 is 7.95. The minimum atomic E-state index is 0.604. The van der Waals surface area contributed by atoms with Gasteiger partial charge in [-0.2, -0.15) is 10.1 Å². The summed E-state index contributed by atoms with van der Waals surface area (Å²) in [5.74, 6) is 0.650. The highest BCUT2D eigenvalue weighted by Gasteiger charge is 2.14. The Hall–Kier alpha value is -2.37. The predicted molar refractivity (Wildman–Crippen MR) is 106 cm³/mol. The van der Waals surface area contributed by atoms with Gasteiger partial charge in [0.05, 0.1) is 16.4 Å². The van der Waals surface area contributed by atoms with E-state index in [1.54, 1.807) is 0 Å². The average molecular weight is 369 g/mol. The molecule has 0 amide bonds. The van der Waals surface area contributed by atoms with E-state index in [-0.39, 0.29) is 0 Å². The summed E-state index contributed by atoms with van der Waals surface area (Å²) >= 11 is 6.12. The molecule has 0 fully saturated rings. The molecule has 0 N–H and O–H groups in total. The monoisotopic (exact) mass is 368 g/mol. The summed E-state index contributed by atoms with van der Waals surface area (Å²) in [6, 6.07) is 13.7. The molecule has 2 heterocycles. The Morgan fingerprint density at radius 1 is 1.08 bits per heavy atom.